The third-order valence-electron chi connectivity index (χ3n) is 1.97. The van der Waals surface area contributed by atoms with Gasteiger partial charge in [0.25, 0.3) is 0 Å². The Balaban J connectivity index is 2.54. The zero-order valence-corrected chi connectivity index (χ0v) is 6.30. The van der Waals surface area contributed by atoms with Crippen molar-refractivity contribution in [3.8, 4) is 12.3 Å². The normalized spacial score (nSPS) is 23.2. The molecule has 0 aromatic rings. The Morgan fingerprint density at radius 3 is 2.91 bits per heavy atom. The second kappa shape index (κ2) is 3.34. The highest BCUT2D eigenvalue weighted by Crippen LogP contribution is 2.22. The lowest BCUT2D eigenvalue weighted by Crippen LogP contribution is -2.17. The molecule has 0 spiro atoms. The van der Waals surface area contributed by atoms with Crippen molar-refractivity contribution in [1.29, 1.82) is 0 Å². The average molecular weight is 150 g/mol. The minimum atomic E-state index is -0.369. The van der Waals surface area contributed by atoms with E-state index in [0.29, 0.717) is 12.8 Å². The van der Waals surface area contributed by atoms with Crippen LogP contribution >= 0.6 is 0 Å². The number of hydrogen-bond acceptors (Lipinski definition) is 2. The monoisotopic (exact) mass is 150 g/mol. The molecule has 1 rings (SSSR count). The molecular weight excluding hydrogens is 140 g/mol. The van der Waals surface area contributed by atoms with Gasteiger partial charge in [0, 0.05) is 6.42 Å². The lowest BCUT2D eigenvalue weighted by molar-refractivity contribution is -0.130. The Morgan fingerprint density at radius 2 is 2.45 bits per heavy atom. The van der Waals surface area contributed by atoms with Crippen LogP contribution in [-0.2, 0) is 9.59 Å². The van der Waals surface area contributed by atoms with Gasteiger partial charge in [-0.3, -0.25) is 9.59 Å². The molecule has 1 atom stereocenters. The second-order valence-electron chi connectivity index (χ2n) is 2.76. The highest BCUT2D eigenvalue weighted by Gasteiger charge is 2.29. The van der Waals surface area contributed by atoms with Crippen molar-refractivity contribution in [2.45, 2.75) is 25.7 Å². The van der Waals surface area contributed by atoms with Crippen molar-refractivity contribution < 1.29 is 9.59 Å². The van der Waals surface area contributed by atoms with Crippen LogP contribution in [0.3, 0.4) is 0 Å². The summed E-state index contributed by atoms with van der Waals surface area (Å²) in [4.78, 5) is 22.1. The number of carbonyl (C=O) groups is 2. The Kier molecular flexibility index (Phi) is 2.43. The van der Waals surface area contributed by atoms with E-state index in [1.807, 2.05) is 0 Å². The molecule has 1 saturated carbocycles. The molecule has 1 aliphatic rings. The molecule has 0 aromatic carbocycles. The maximum absolute atomic E-state index is 11.1. The van der Waals surface area contributed by atoms with Crippen LogP contribution < -0.4 is 0 Å². The summed E-state index contributed by atoms with van der Waals surface area (Å²) in [5, 5.41) is 0. The van der Waals surface area contributed by atoms with Crippen molar-refractivity contribution in [3.63, 3.8) is 0 Å². The second-order valence-corrected chi connectivity index (χ2v) is 2.76. The van der Waals surface area contributed by atoms with Gasteiger partial charge >= 0.3 is 0 Å². The van der Waals surface area contributed by atoms with Crippen LogP contribution in [0.1, 0.15) is 25.7 Å². The van der Waals surface area contributed by atoms with E-state index in [1.54, 1.807) is 0 Å². The van der Waals surface area contributed by atoms with Crippen molar-refractivity contribution >= 4 is 11.6 Å². The summed E-state index contributed by atoms with van der Waals surface area (Å²) in [5.41, 5.74) is 0. The molecule has 0 aliphatic heterocycles. The van der Waals surface area contributed by atoms with E-state index in [-0.39, 0.29) is 23.9 Å². The molecule has 0 bridgehead atoms. The lowest BCUT2D eigenvalue weighted by Gasteiger charge is -2.01. The minimum absolute atomic E-state index is 0.0741. The average Bonchev–Trinajstić information content (AvgIpc) is 2.36. The largest absolute Gasteiger partial charge is 0.299 e. The number of rotatable bonds is 2. The standard InChI is InChI=1S/C9H10O2/c1-2-4-8(10)7-5-3-6-9(7)11/h1,7H,3-6H2. The molecule has 0 N–H and O–H groups in total. The van der Waals surface area contributed by atoms with Gasteiger partial charge < -0.3 is 0 Å². The highest BCUT2D eigenvalue weighted by atomic mass is 16.2. The van der Waals surface area contributed by atoms with E-state index < -0.39 is 0 Å². The van der Waals surface area contributed by atoms with Crippen molar-refractivity contribution in [2.24, 2.45) is 5.92 Å². The quantitative estimate of drug-likeness (QED) is 0.434. The fraction of sp³-hybridized carbons (Fsp3) is 0.556. The van der Waals surface area contributed by atoms with E-state index >= 15 is 0 Å². The predicted molar refractivity (Wildman–Crippen MR) is 40.8 cm³/mol. The molecule has 1 unspecified atom stereocenters. The lowest BCUT2D eigenvalue weighted by atomic mass is 10.00. The molecule has 1 fully saturated rings. The summed E-state index contributed by atoms with van der Waals surface area (Å²) in [6, 6.07) is 0. The molecular formula is C9H10O2. The fourth-order valence-electron chi connectivity index (χ4n) is 1.38. The van der Waals surface area contributed by atoms with Gasteiger partial charge in [0.2, 0.25) is 0 Å². The Morgan fingerprint density at radius 1 is 1.73 bits per heavy atom. The third-order valence-corrected chi connectivity index (χ3v) is 1.97. The first-order valence-electron chi connectivity index (χ1n) is 3.74. The first kappa shape index (κ1) is 8.00. The number of carbonyl (C=O) groups excluding carboxylic acids is 2. The summed E-state index contributed by atoms with van der Waals surface area (Å²) >= 11 is 0. The topological polar surface area (TPSA) is 34.1 Å². The highest BCUT2D eigenvalue weighted by molar-refractivity contribution is 6.04. The molecule has 0 saturated heterocycles. The number of Topliss-reactive ketones (excluding diaryl/α,β-unsaturated/α-hetero) is 2. The van der Waals surface area contributed by atoms with Crippen LogP contribution in [0.4, 0.5) is 0 Å². The predicted octanol–water partition coefficient (Wildman–Crippen LogP) is 0.948. The van der Waals surface area contributed by atoms with E-state index in [9.17, 15) is 9.59 Å². The molecule has 2 nitrogen and oxygen atoms in total. The fourth-order valence-corrected chi connectivity index (χ4v) is 1.38. The van der Waals surface area contributed by atoms with Gasteiger partial charge in [-0.15, -0.1) is 6.42 Å². The van der Waals surface area contributed by atoms with Gasteiger partial charge in [0.1, 0.15) is 5.78 Å². The van der Waals surface area contributed by atoms with Crippen LogP contribution in [0.25, 0.3) is 0 Å². The third kappa shape index (κ3) is 1.68. The minimum Gasteiger partial charge on any atom is -0.299 e. The van der Waals surface area contributed by atoms with E-state index in [1.165, 1.54) is 0 Å². The number of hydrogen-bond donors (Lipinski definition) is 0. The smallest absolute Gasteiger partial charge is 0.155 e. The van der Waals surface area contributed by atoms with Crippen LogP contribution in [0, 0.1) is 18.3 Å². The summed E-state index contributed by atoms with van der Waals surface area (Å²) in [6.07, 6.45) is 7.18. The van der Waals surface area contributed by atoms with E-state index in [4.69, 9.17) is 6.42 Å². The van der Waals surface area contributed by atoms with Gasteiger partial charge in [0.05, 0.1) is 12.3 Å². The van der Waals surface area contributed by atoms with Gasteiger partial charge in [0.15, 0.2) is 5.78 Å². The van der Waals surface area contributed by atoms with Crippen molar-refractivity contribution in [3.05, 3.63) is 0 Å². The molecule has 58 valence electrons. The zero-order valence-electron chi connectivity index (χ0n) is 6.30. The number of ketones is 2. The Bertz CT molecular complexity index is 222. The van der Waals surface area contributed by atoms with Gasteiger partial charge in [-0.1, -0.05) is 5.92 Å². The maximum Gasteiger partial charge on any atom is 0.155 e. The Labute approximate surface area is 66.0 Å². The summed E-state index contributed by atoms with van der Waals surface area (Å²) in [5.74, 6) is 1.89. The molecule has 11 heavy (non-hydrogen) atoms. The SMILES string of the molecule is C#CCC(=O)C1CCCC1=O. The maximum atomic E-state index is 11.1. The van der Waals surface area contributed by atoms with Gasteiger partial charge in [-0.25, -0.2) is 0 Å². The van der Waals surface area contributed by atoms with Crippen LogP contribution in [-0.4, -0.2) is 11.6 Å². The number of terminal acetylenes is 1. The summed E-state index contributed by atoms with van der Waals surface area (Å²) in [7, 11) is 0. The molecule has 0 radical (unpaired) electrons. The molecule has 0 heterocycles. The van der Waals surface area contributed by atoms with Crippen LogP contribution in [0.2, 0.25) is 0 Å². The van der Waals surface area contributed by atoms with Crippen LogP contribution in [0.5, 0.6) is 0 Å². The molecule has 2 heteroatoms. The molecule has 1 aliphatic carbocycles. The Hall–Kier alpha value is -1.10. The van der Waals surface area contributed by atoms with Crippen LogP contribution in [0.15, 0.2) is 0 Å². The van der Waals surface area contributed by atoms with Gasteiger partial charge in [-0.05, 0) is 12.8 Å². The van der Waals surface area contributed by atoms with E-state index in [0.717, 1.165) is 6.42 Å². The summed E-state index contributed by atoms with van der Waals surface area (Å²) in [6.45, 7) is 0. The van der Waals surface area contributed by atoms with E-state index in [2.05, 4.69) is 5.92 Å². The van der Waals surface area contributed by atoms with Gasteiger partial charge in [-0.2, -0.15) is 0 Å². The first-order valence-corrected chi connectivity index (χ1v) is 3.74. The zero-order chi connectivity index (χ0) is 8.27. The molecule has 0 aromatic heterocycles. The first-order chi connectivity index (χ1) is 5.25. The van der Waals surface area contributed by atoms with Crippen molar-refractivity contribution in [1.82, 2.24) is 0 Å². The molecule has 0 amide bonds. The summed E-state index contributed by atoms with van der Waals surface area (Å²) < 4.78 is 0. The van der Waals surface area contributed by atoms with Crippen molar-refractivity contribution in [2.75, 3.05) is 0 Å².